The maximum Gasteiger partial charge on any atom is 0.346 e. The van der Waals surface area contributed by atoms with E-state index < -0.39 is 5.97 Å². The number of carbonyl (C=O) groups is 1. The van der Waals surface area contributed by atoms with Gasteiger partial charge in [-0.15, -0.1) is 0 Å². The number of carboxylic acids is 1. The molecule has 1 aromatic carbocycles. The van der Waals surface area contributed by atoms with Crippen LogP contribution >= 0.6 is 11.6 Å². The number of halogens is 1. The zero-order valence-corrected chi connectivity index (χ0v) is 10.4. The molecule has 0 unspecified atom stereocenters. The van der Waals surface area contributed by atoms with Crippen LogP contribution in [0.2, 0.25) is 5.02 Å². The number of fused-ring (bicyclic) bond motifs is 1. The molecule has 0 saturated carbocycles. The number of rotatable bonds is 2. The number of aryl methyl sites for hydroxylation is 1. The monoisotopic (exact) mass is 263 g/mol. The Morgan fingerprint density at radius 3 is 2.78 bits per heavy atom. The molecule has 0 spiro atoms. The van der Waals surface area contributed by atoms with Crippen LogP contribution in [-0.4, -0.2) is 18.2 Å². The third-order valence-electron chi connectivity index (χ3n) is 2.97. The second-order valence-corrected chi connectivity index (χ2v) is 4.32. The number of benzene rings is 1. The summed E-state index contributed by atoms with van der Waals surface area (Å²) < 4.78 is 5.11. The van der Waals surface area contributed by atoms with Crippen molar-refractivity contribution in [1.82, 2.24) is 0 Å². The number of hydrogen-bond acceptors (Lipinski definition) is 3. The molecule has 18 heavy (non-hydrogen) atoms. The maximum atomic E-state index is 11.0. The molecule has 0 radical (unpaired) electrons. The summed E-state index contributed by atoms with van der Waals surface area (Å²) in [6.45, 7) is 0. The van der Waals surface area contributed by atoms with Gasteiger partial charge in [-0.05, 0) is 41.7 Å². The molecule has 4 nitrogen and oxygen atoms in total. The van der Waals surface area contributed by atoms with Crippen molar-refractivity contribution in [2.24, 2.45) is 0 Å². The largest absolute Gasteiger partial charge is 0.495 e. The molecule has 0 aliphatic heterocycles. The van der Waals surface area contributed by atoms with E-state index in [1.807, 2.05) is 0 Å². The highest BCUT2D eigenvalue weighted by Gasteiger charge is 2.24. The Bertz CT molecular complexity index is 599. The van der Waals surface area contributed by atoms with Crippen LogP contribution in [0.5, 0.6) is 5.75 Å². The van der Waals surface area contributed by atoms with E-state index in [-0.39, 0.29) is 5.57 Å². The van der Waals surface area contributed by atoms with Crippen LogP contribution < -0.4 is 4.74 Å². The lowest BCUT2D eigenvalue weighted by Crippen LogP contribution is -2.01. The highest BCUT2D eigenvalue weighted by atomic mass is 35.5. The van der Waals surface area contributed by atoms with E-state index in [0.717, 1.165) is 11.1 Å². The first kappa shape index (κ1) is 12.5. The van der Waals surface area contributed by atoms with Gasteiger partial charge < -0.3 is 9.84 Å². The predicted octanol–water partition coefficient (Wildman–Crippen LogP) is 2.66. The Kier molecular flexibility index (Phi) is 3.26. The third kappa shape index (κ3) is 1.93. The van der Waals surface area contributed by atoms with E-state index >= 15 is 0 Å². The Morgan fingerprint density at radius 2 is 2.22 bits per heavy atom. The molecule has 0 fully saturated rings. The maximum absolute atomic E-state index is 11.0. The van der Waals surface area contributed by atoms with Crippen LogP contribution in [0.15, 0.2) is 17.7 Å². The SMILES string of the molecule is COc1cc2c(cc1Cl)CC/C2=C(/C#N)C(=O)O. The van der Waals surface area contributed by atoms with E-state index in [1.54, 1.807) is 18.2 Å². The highest BCUT2D eigenvalue weighted by Crippen LogP contribution is 2.39. The van der Waals surface area contributed by atoms with Crippen LogP contribution in [0.4, 0.5) is 0 Å². The average Bonchev–Trinajstić information content (AvgIpc) is 2.71. The van der Waals surface area contributed by atoms with Crippen molar-refractivity contribution in [1.29, 1.82) is 5.26 Å². The average molecular weight is 264 g/mol. The van der Waals surface area contributed by atoms with Gasteiger partial charge in [0.2, 0.25) is 0 Å². The lowest BCUT2D eigenvalue weighted by Gasteiger charge is -2.07. The van der Waals surface area contributed by atoms with Crippen molar-refractivity contribution >= 4 is 23.1 Å². The summed E-state index contributed by atoms with van der Waals surface area (Å²) in [4.78, 5) is 11.0. The van der Waals surface area contributed by atoms with Crippen molar-refractivity contribution in [3.8, 4) is 11.8 Å². The predicted molar refractivity (Wildman–Crippen MR) is 66.5 cm³/mol. The van der Waals surface area contributed by atoms with Gasteiger partial charge in [0, 0.05) is 0 Å². The van der Waals surface area contributed by atoms with Crippen LogP contribution in [0.25, 0.3) is 5.57 Å². The molecule has 0 bridgehead atoms. The molecule has 0 atom stereocenters. The molecule has 1 aliphatic rings. The number of ether oxygens (including phenoxy) is 1. The van der Waals surface area contributed by atoms with Crippen molar-refractivity contribution in [3.05, 3.63) is 33.9 Å². The van der Waals surface area contributed by atoms with E-state index in [2.05, 4.69) is 0 Å². The lowest BCUT2D eigenvalue weighted by atomic mass is 10.0. The summed E-state index contributed by atoms with van der Waals surface area (Å²) in [5.41, 5.74) is 2.04. The van der Waals surface area contributed by atoms with E-state index in [0.29, 0.717) is 29.2 Å². The summed E-state index contributed by atoms with van der Waals surface area (Å²) in [5.74, 6) is -0.716. The van der Waals surface area contributed by atoms with Crippen molar-refractivity contribution in [2.45, 2.75) is 12.8 Å². The molecule has 2 rings (SSSR count). The fourth-order valence-corrected chi connectivity index (χ4v) is 2.40. The molecule has 0 amide bonds. The first-order valence-corrected chi connectivity index (χ1v) is 5.69. The zero-order valence-electron chi connectivity index (χ0n) is 9.66. The molecule has 0 heterocycles. The minimum atomic E-state index is -1.20. The number of nitriles is 1. The van der Waals surface area contributed by atoms with Gasteiger partial charge in [-0.2, -0.15) is 5.26 Å². The van der Waals surface area contributed by atoms with Crippen molar-refractivity contribution < 1.29 is 14.6 Å². The molecule has 1 aromatic rings. The third-order valence-corrected chi connectivity index (χ3v) is 3.27. The van der Waals surface area contributed by atoms with Crippen molar-refractivity contribution in [2.75, 3.05) is 7.11 Å². The normalized spacial score (nSPS) is 15.8. The van der Waals surface area contributed by atoms with Gasteiger partial charge in [0.1, 0.15) is 17.4 Å². The van der Waals surface area contributed by atoms with Gasteiger partial charge in [0.25, 0.3) is 0 Å². The Labute approximate surface area is 109 Å². The van der Waals surface area contributed by atoms with Gasteiger partial charge in [-0.3, -0.25) is 0 Å². The van der Waals surface area contributed by atoms with Crippen molar-refractivity contribution in [3.63, 3.8) is 0 Å². The Hall–Kier alpha value is -1.99. The number of allylic oxidation sites excluding steroid dienone is 1. The highest BCUT2D eigenvalue weighted by molar-refractivity contribution is 6.32. The lowest BCUT2D eigenvalue weighted by molar-refractivity contribution is -0.132. The fraction of sp³-hybridized carbons (Fsp3) is 0.231. The Balaban J connectivity index is 2.64. The number of hydrogen-bond donors (Lipinski definition) is 1. The summed E-state index contributed by atoms with van der Waals surface area (Å²) in [6, 6.07) is 5.20. The number of nitrogens with zero attached hydrogens (tertiary/aromatic N) is 1. The molecule has 0 aromatic heterocycles. The molecule has 1 N–H and O–H groups in total. The fourth-order valence-electron chi connectivity index (χ4n) is 2.14. The summed E-state index contributed by atoms with van der Waals surface area (Å²) >= 11 is 6.01. The molecule has 5 heteroatoms. The smallest absolute Gasteiger partial charge is 0.346 e. The van der Waals surface area contributed by atoms with E-state index in [1.165, 1.54) is 7.11 Å². The first-order chi connectivity index (χ1) is 8.58. The number of methoxy groups -OCH3 is 1. The quantitative estimate of drug-likeness (QED) is 0.658. The van der Waals surface area contributed by atoms with Gasteiger partial charge in [-0.25, -0.2) is 4.79 Å². The topological polar surface area (TPSA) is 70.3 Å². The van der Waals surface area contributed by atoms with Gasteiger partial charge in [-0.1, -0.05) is 11.6 Å². The van der Waals surface area contributed by atoms with Gasteiger partial charge in [0.15, 0.2) is 0 Å². The minimum absolute atomic E-state index is 0.210. The minimum Gasteiger partial charge on any atom is -0.495 e. The summed E-state index contributed by atoms with van der Waals surface area (Å²) in [5, 5.41) is 18.4. The van der Waals surface area contributed by atoms with Crippen LogP contribution in [0.1, 0.15) is 17.5 Å². The summed E-state index contributed by atoms with van der Waals surface area (Å²) in [7, 11) is 1.49. The second kappa shape index (κ2) is 4.71. The van der Waals surface area contributed by atoms with Gasteiger partial charge in [0.05, 0.1) is 12.1 Å². The molecular formula is C13H10ClNO3. The number of carboxylic acid groups (broad SMARTS) is 1. The molecule has 1 aliphatic carbocycles. The van der Waals surface area contributed by atoms with E-state index in [4.69, 9.17) is 26.7 Å². The first-order valence-electron chi connectivity index (χ1n) is 5.31. The van der Waals surface area contributed by atoms with Crippen LogP contribution in [-0.2, 0) is 11.2 Å². The van der Waals surface area contributed by atoms with Gasteiger partial charge >= 0.3 is 5.97 Å². The van der Waals surface area contributed by atoms with E-state index in [9.17, 15) is 4.79 Å². The second-order valence-electron chi connectivity index (χ2n) is 3.91. The standard InChI is InChI=1S/C13H10ClNO3/c1-18-12-5-9-7(4-11(12)14)2-3-8(9)10(6-15)13(16)17/h4-5H,2-3H2,1H3,(H,16,17)/b10-8+. The number of aliphatic carboxylic acids is 1. The van der Waals surface area contributed by atoms with Crippen LogP contribution in [0.3, 0.4) is 0 Å². The summed E-state index contributed by atoms with van der Waals surface area (Å²) in [6.07, 6.45) is 1.22. The Morgan fingerprint density at radius 1 is 1.50 bits per heavy atom. The molecule has 92 valence electrons. The molecular weight excluding hydrogens is 254 g/mol. The molecule has 0 saturated heterocycles. The zero-order chi connectivity index (χ0) is 13.3. The van der Waals surface area contributed by atoms with Crippen LogP contribution in [0, 0.1) is 11.3 Å².